The lowest BCUT2D eigenvalue weighted by Crippen LogP contribution is -2.24. The lowest BCUT2D eigenvalue weighted by molar-refractivity contribution is -0.119. The van der Waals surface area contributed by atoms with Gasteiger partial charge in [0.2, 0.25) is 5.91 Å². The minimum Gasteiger partial charge on any atom is -0.495 e. The van der Waals surface area contributed by atoms with Gasteiger partial charge in [-0.2, -0.15) is 5.10 Å². The molecular weight excluding hydrogens is 318 g/mol. The maximum atomic E-state index is 12.5. The minimum absolute atomic E-state index is 0.183. The minimum atomic E-state index is -0.439. The maximum Gasteiger partial charge on any atom is 0.249 e. The van der Waals surface area contributed by atoms with Crippen molar-refractivity contribution >= 4 is 33.5 Å². The molecule has 126 valence electrons. The van der Waals surface area contributed by atoms with E-state index in [1.165, 1.54) is 0 Å². The number of nitrogens with one attached hydrogen (secondary N) is 1. The van der Waals surface area contributed by atoms with Crippen LogP contribution in [0.3, 0.4) is 0 Å². The summed E-state index contributed by atoms with van der Waals surface area (Å²) in [6.45, 7) is 1.79. The lowest BCUT2D eigenvalue weighted by atomic mass is 10.1. The van der Waals surface area contributed by atoms with Crippen LogP contribution in [0.15, 0.2) is 59.3 Å². The molecule has 0 aliphatic heterocycles. The molecule has 0 bridgehead atoms. The fraction of sp³-hybridized carbons (Fsp3) is 0.158. The predicted molar refractivity (Wildman–Crippen MR) is 95.8 cm³/mol. The number of ether oxygens (including phenoxy) is 1. The van der Waals surface area contributed by atoms with E-state index >= 15 is 0 Å². The van der Waals surface area contributed by atoms with Crippen LogP contribution in [0.1, 0.15) is 13.0 Å². The van der Waals surface area contributed by atoms with Crippen LogP contribution in [0.25, 0.3) is 21.9 Å². The number of amides is 1. The summed E-state index contributed by atoms with van der Waals surface area (Å²) in [6, 6.07) is 12.8. The van der Waals surface area contributed by atoms with Crippen molar-refractivity contribution in [2.75, 3.05) is 12.4 Å². The Morgan fingerprint density at radius 3 is 2.80 bits per heavy atom. The Bertz CT molecular complexity index is 1050. The number of methoxy groups -OCH3 is 1. The number of carbonyl (C=O) groups is 1. The first-order valence-corrected chi connectivity index (χ1v) is 7.96. The number of hydrogen-bond acceptors (Lipinski definition) is 4. The normalized spacial score (nSPS) is 12.4. The number of furan rings is 1. The number of benzene rings is 2. The maximum absolute atomic E-state index is 12.5. The lowest BCUT2D eigenvalue weighted by Gasteiger charge is -2.14. The second kappa shape index (κ2) is 5.98. The highest BCUT2D eigenvalue weighted by Crippen LogP contribution is 2.36. The molecule has 2 aromatic heterocycles. The third-order valence-corrected chi connectivity index (χ3v) is 4.26. The standard InChI is InChI=1S/C19H17N3O3/c1-12(22-9-5-8-20-22)19(23)21-15-11-17-14(10-18(15)24-2)13-6-3-4-7-16(13)25-17/h3-12H,1-2H3,(H,21,23)/t12-/m0/s1. The van der Waals surface area contributed by atoms with Crippen molar-refractivity contribution in [3.05, 3.63) is 54.9 Å². The Morgan fingerprint density at radius 1 is 1.20 bits per heavy atom. The first-order valence-electron chi connectivity index (χ1n) is 7.96. The Labute approximate surface area is 144 Å². The fourth-order valence-electron chi connectivity index (χ4n) is 2.89. The summed E-state index contributed by atoms with van der Waals surface area (Å²) in [5, 5.41) is 8.97. The van der Waals surface area contributed by atoms with Crippen LogP contribution in [0.4, 0.5) is 5.69 Å². The quantitative estimate of drug-likeness (QED) is 0.612. The van der Waals surface area contributed by atoms with Gasteiger partial charge in [-0.25, -0.2) is 0 Å². The van der Waals surface area contributed by atoms with Crippen molar-refractivity contribution < 1.29 is 13.9 Å². The average molecular weight is 335 g/mol. The molecule has 2 aromatic carbocycles. The molecule has 6 heteroatoms. The molecule has 25 heavy (non-hydrogen) atoms. The summed E-state index contributed by atoms with van der Waals surface area (Å²) >= 11 is 0. The van der Waals surface area contributed by atoms with Gasteiger partial charge in [-0.3, -0.25) is 9.48 Å². The van der Waals surface area contributed by atoms with Crippen molar-refractivity contribution in [3.8, 4) is 5.75 Å². The molecule has 4 aromatic rings. The van der Waals surface area contributed by atoms with Crippen molar-refractivity contribution in [1.29, 1.82) is 0 Å². The zero-order valence-electron chi connectivity index (χ0n) is 13.9. The van der Waals surface area contributed by atoms with Crippen LogP contribution in [-0.4, -0.2) is 22.8 Å². The van der Waals surface area contributed by atoms with Crippen LogP contribution in [0, 0.1) is 0 Å². The first-order chi connectivity index (χ1) is 12.2. The molecule has 1 N–H and O–H groups in total. The molecule has 0 radical (unpaired) electrons. The van der Waals surface area contributed by atoms with Gasteiger partial charge in [0.05, 0.1) is 12.8 Å². The second-order valence-corrected chi connectivity index (χ2v) is 5.80. The summed E-state index contributed by atoms with van der Waals surface area (Å²) in [5.74, 6) is 0.400. The third kappa shape index (κ3) is 2.61. The molecule has 6 nitrogen and oxygen atoms in total. The largest absolute Gasteiger partial charge is 0.495 e. The van der Waals surface area contributed by atoms with Gasteiger partial charge >= 0.3 is 0 Å². The Morgan fingerprint density at radius 2 is 2.04 bits per heavy atom. The van der Waals surface area contributed by atoms with Crippen LogP contribution in [0.2, 0.25) is 0 Å². The van der Waals surface area contributed by atoms with Gasteiger partial charge in [-0.1, -0.05) is 18.2 Å². The summed E-state index contributed by atoms with van der Waals surface area (Å²) in [7, 11) is 1.58. The number of anilines is 1. The Balaban J connectivity index is 1.73. The monoisotopic (exact) mass is 335 g/mol. The number of carbonyl (C=O) groups excluding carboxylic acids is 1. The number of hydrogen-bond donors (Lipinski definition) is 1. The molecule has 0 unspecified atom stereocenters. The van der Waals surface area contributed by atoms with Crippen LogP contribution >= 0.6 is 0 Å². The molecule has 4 rings (SSSR count). The molecule has 0 saturated carbocycles. The number of para-hydroxylation sites is 1. The van der Waals surface area contributed by atoms with Gasteiger partial charge in [-0.15, -0.1) is 0 Å². The number of fused-ring (bicyclic) bond motifs is 3. The Kier molecular flexibility index (Phi) is 3.65. The number of aromatic nitrogens is 2. The molecule has 0 spiro atoms. The average Bonchev–Trinajstić information content (AvgIpc) is 3.27. The highest BCUT2D eigenvalue weighted by atomic mass is 16.5. The van der Waals surface area contributed by atoms with Gasteiger partial charge in [0.25, 0.3) is 0 Å². The summed E-state index contributed by atoms with van der Waals surface area (Å²) in [4.78, 5) is 12.5. The van der Waals surface area contributed by atoms with Gasteiger partial charge in [0.15, 0.2) is 0 Å². The number of rotatable bonds is 4. The van der Waals surface area contributed by atoms with E-state index < -0.39 is 6.04 Å². The van der Waals surface area contributed by atoms with E-state index in [2.05, 4.69) is 10.4 Å². The molecule has 2 heterocycles. The highest BCUT2D eigenvalue weighted by Gasteiger charge is 2.18. The summed E-state index contributed by atoms with van der Waals surface area (Å²) < 4.78 is 12.9. The molecule has 0 aliphatic rings. The molecular formula is C19H17N3O3. The van der Waals surface area contributed by atoms with Gasteiger partial charge in [0, 0.05) is 29.2 Å². The Hall–Kier alpha value is -3.28. The highest BCUT2D eigenvalue weighted by molar-refractivity contribution is 6.08. The zero-order valence-corrected chi connectivity index (χ0v) is 13.9. The first kappa shape index (κ1) is 15.3. The zero-order chi connectivity index (χ0) is 17.4. The fourth-order valence-corrected chi connectivity index (χ4v) is 2.89. The van der Waals surface area contributed by atoms with E-state index in [1.54, 1.807) is 43.2 Å². The van der Waals surface area contributed by atoms with Gasteiger partial charge in [0.1, 0.15) is 23.0 Å². The molecule has 1 atom stereocenters. The third-order valence-electron chi connectivity index (χ3n) is 4.26. The topological polar surface area (TPSA) is 69.3 Å². The van der Waals surface area contributed by atoms with E-state index in [-0.39, 0.29) is 5.91 Å². The van der Waals surface area contributed by atoms with Gasteiger partial charge in [-0.05, 0) is 25.1 Å². The number of nitrogens with zero attached hydrogens (tertiary/aromatic N) is 2. The predicted octanol–water partition coefficient (Wildman–Crippen LogP) is 3.99. The summed E-state index contributed by atoms with van der Waals surface area (Å²) in [5.41, 5.74) is 2.06. The molecule has 1 amide bonds. The van der Waals surface area contributed by atoms with Crippen molar-refractivity contribution in [2.24, 2.45) is 0 Å². The molecule has 0 aliphatic carbocycles. The van der Waals surface area contributed by atoms with Crippen LogP contribution < -0.4 is 10.1 Å². The van der Waals surface area contributed by atoms with E-state index in [0.29, 0.717) is 17.0 Å². The summed E-state index contributed by atoms with van der Waals surface area (Å²) in [6.07, 6.45) is 3.40. The van der Waals surface area contributed by atoms with Crippen molar-refractivity contribution in [3.63, 3.8) is 0 Å². The van der Waals surface area contributed by atoms with Crippen molar-refractivity contribution in [1.82, 2.24) is 9.78 Å². The van der Waals surface area contributed by atoms with E-state index in [4.69, 9.17) is 9.15 Å². The smallest absolute Gasteiger partial charge is 0.249 e. The van der Waals surface area contributed by atoms with E-state index in [1.807, 2.05) is 30.3 Å². The van der Waals surface area contributed by atoms with E-state index in [9.17, 15) is 4.79 Å². The van der Waals surface area contributed by atoms with Crippen LogP contribution in [-0.2, 0) is 4.79 Å². The molecule has 0 fully saturated rings. The molecule has 0 saturated heterocycles. The van der Waals surface area contributed by atoms with E-state index in [0.717, 1.165) is 16.4 Å². The second-order valence-electron chi connectivity index (χ2n) is 5.80. The van der Waals surface area contributed by atoms with Gasteiger partial charge < -0.3 is 14.5 Å². The SMILES string of the molecule is COc1cc2c(cc1NC(=O)[C@H](C)n1cccn1)oc1ccccc12. The van der Waals surface area contributed by atoms with Crippen molar-refractivity contribution in [2.45, 2.75) is 13.0 Å². The van der Waals surface area contributed by atoms with Crippen LogP contribution in [0.5, 0.6) is 5.75 Å².